The van der Waals surface area contributed by atoms with Gasteiger partial charge in [-0.25, -0.2) is 15.0 Å². The summed E-state index contributed by atoms with van der Waals surface area (Å²) in [4.78, 5) is 14.7. The minimum atomic E-state index is 0.623. The van der Waals surface area contributed by atoms with Crippen molar-refractivity contribution in [1.82, 2.24) is 15.0 Å². The van der Waals surface area contributed by atoms with Gasteiger partial charge >= 0.3 is 0 Å². The molecule has 0 aliphatic heterocycles. The lowest BCUT2D eigenvalue weighted by atomic mass is 9.93. The minimum absolute atomic E-state index is 0.623. The summed E-state index contributed by atoms with van der Waals surface area (Å²) in [6.07, 6.45) is 0. The molecule has 10 rings (SSSR count). The molecule has 8 aromatic carbocycles. The SMILES string of the molecule is c1ccc(-c2cccc(-c3cc(-c4ccccc4)c4oc5c(-c6ccc(-c7nc(-c8ccccc8)nc(-c8ccccc8)n7)cc6)cccc5c4c3)c2)cc1. The van der Waals surface area contributed by atoms with E-state index in [-0.39, 0.29) is 0 Å². The van der Waals surface area contributed by atoms with Crippen LogP contribution in [0.4, 0.5) is 0 Å². The fourth-order valence-corrected chi connectivity index (χ4v) is 7.37. The Morgan fingerprint density at radius 3 is 1.25 bits per heavy atom. The first-order valence-electron chi connectivity index (χ1n) is 18.4. The summed E-state index contributed by atoms with van der Waals surface area (Å²) in [6.45, 7) is 0. The van der Waals surface area contributed by atoms with Gasteiger partial charge in [0.15, 0.2) is 17.5 Å². The molecule has 0 saturated carbocycles. The summed E-state index contributed by atoms with van der Waals surface area (Å²) in [5.41, 5.74) is 13.5. The molecule has 0 atom stereocenters. The number of hydrogen-bond donors (Lipinski definition) is 0. The Morgan fingerprint density at radius 1 is 0.255 bits per heavy atom. The number of nitrogens with zero attached hydrogens (tertiary/aromatic N) is 3. The molecule has 258 valence electrons. The van der Waals surface area contributed by atoms with Crippen molar-refractivity contribution in [2.24, 2.45) is 0 Å². The molecular formula is C51H33N3O. The largest absolute Gasteiger partial charge is 0.455 e. The summed E-state index contributed by atoms with van der Waals surface area (Å²) >= 11 is 0. The number of fused-ring (bicyclic) bond motifs is 3. The van der Waals surface area contributed by atoms with E-state index in [1.165, 1.54) is 11.1 Å². The predicted molar refractivity (Wildman–Crippen MR) is 225 cm³/mol. The quantitative estimate of drug-likeness (QED) is 0.166. The second-order valence-electron chi connectivity index (χ2n) is 13.6. The van der Waals surface area contributed by atoms with Gasteiger partial charge in [-0.05, 0) is 51.6 Å². The van der Waals surface area contributed by atoms with Crippen LogP contribution in [0.5, 0.6) is 0 Å². The van der Waals surface area contributed by atoms with Crippen LogP contribution in [0.25, 0.3) is 101 Å². The van der Waals surface area contributed by atoms with E-state index in [0.29, 0.717) is 17.5 Å². The maximum Gasteiger partial charge on any atom is 0.164 e. The lowest BCUT2D eigenvalue weighted by molar-refractivity contribution is 0.671. The van der Waals surface area contributed by atoms with Gasteiger partial charge in [-0.15, -0.1) is 0 Å². The number of furan rings is 1. The molecule has 0 unspecified atom stereocenters. The fourth-order valence-electron chi connectivity index (χ4n) is 7.37. The maximum absolute atomic E-state index is 6.92. The van der Waals surface area contributed by atoms with Crippen molar-refractivity contribution in [2.75, 3.05) is 0 Å². The number of para-hydroxylation sites is 1. The standard InChI is InChI=1S/C51H33N3O/c1-5-15-34(16-6-1)40-23-13-24-41(31-40)42-32-45(35-17-7-2-8-18-35)48-46(33-42)44-26-14-25-43(47(44)55-48)36-27-29-39(30-28-36)51-53-49(37-19-9-3-10-20-37)52-50(54-51)38-21-11-4-12-22-38/h1-33H. The van der Waals surface area contributed by atoms with Gasteiger partial charge in [0.2, 0.25) is 0 Å². The molecule has 0 fully saturated rings. The predicted octanol–water partition coefficient (Wildman–Crippen LogP) is 13.4. The van der Waals surface area contributed by atoms with Crippen molar-refractivity contribution >= 4 is 21.9 Å². The minimum Gasteiger partial charge on any atom is -0.455 e. The Morgan fingerprint density at radius 2 is 0.673 bits per heavy atom. The molecule has 0 bridgehead atoms. The average molecular weight is 704 g/mol. The molecule has 0 amide bonds. The molecule has 0 radical (unpaired) electrons. The number of hydrogen-bond acceptors (Lipinski definition) is 4. The molecule has 4 heteroatoms. The normalized spacial score (nSPS) is 11.3. The van der Waals surface area contributed by atoms with Gasteiger partial charge in [0.05, 0.1) is 0 Å². The highest BCUT2D eigenvalue weighted by Crippen LogP contribution is 2.43. The van der Waals surface area contributed by atoms with Crippen LogP contribution >= 0.6 is 0 Å². The van der Waals surface area contributed by atoms with Crippen LogP contribution in [-0.2, 0) is 0 Å². The molecule has 0 N–H and O–H groups in total. The molecule has 0 spiro atoms. The molecule has 0 aliphatic carbocycles. The molecular weight excluding hydrogens is 671 g/mol. The zero-order chi connectivity index (χ0) is 36.6. The monoisotopic (exact) mass is 703 g/mol. The number of benzene rings is 8. The van der Waals surface area contributed by atoms with Crippen molar-refractivity contribution in [3.8, 4) is 78.7 Å². The lowest BCUT2D eigenvalue weighted by Gasteiger charge is -2.10. The first-order chi connectivity index (χ1) is 27.2. The van der Waals surface area contributed by atoms with Gasteiger partial charge in [0.25, 0.3) is 0 Å². The molecule has 4 nitrogen and oxygen atoms in total. The molecule has 0 saturated heterocycles. The second kappa shape index (κ2) is 13.8. The van der Waals surface area contributed by atoms with Crippen LogP contribution < -0.4 is 0 Å². The van der Waals surface area contributed by atoms with Crippen LogP contribution in [0, 0.1) is 0 Å². The number of aromatic nitrogens is 3. The van der Waals surface area contributed by atoms with E-state index < -0.39 is 0 Å². The van der Waals surface area contributed by atoms with Crippen molar-refractivity contribution < 1.29 is 4.42 Å². The third-order valence-corrected chi connectivity index (χ3v) is 10.1. The highest BCUT2D eigenvalue weighted by atomic mass is 16.3. The van der Waals surface area contributed by atoms with Gasteiger partial charge < -0.3 is 4.42 Å². The van der Waals surface area contributed by atoms with Crippen LogP contribution in [0.3, 0.4) is 0 Å². The molecule has 0 aliphatic rings. The maximum atomic E-state index is 6.92. The zero-order valence-electron chi connectivity index (χ0n) is 29.8. The summed E-state index contributed by atoms with van der Waals surface area (Å²) in [5.74, 6) is 1.90. The van der Waals surface area contributed by atoms with Crippen molar-refractivity contribution in [1.29, 1.82) is 0 Å². The van der Waals surface area contributed by atoms with E-state index in [1.807, 2.05) is 60.7 Å². The smallest absolute Gasteiger partial charge is 0.164 e. The first kappa shape index (κ1) is 32.2. The Kier molecular flexibility index (Phi) is 8.12. The molecule has 2 heterocycles. The van der Waals surface area contributed by atoms with E-state index in [1.54, 1.807) is 0 Å². The highest BCUT2D eigenvalue weighted by Gasteiger charge is 2.19. The molecule has 55 heavy (non-hydrogen) atoms. The van der Waals surface area contributed by atoms with E-state index >= 15 is 0 Å². The summed E-state index contributed by atoms with van der Waals surface area (Å²) in [6, 6.07) is 69.3. The summed E-state index contributed by atoms with van der Waals surface area (Å²) in [7, 11) is 0. The fraction of sp³-hybridized carbons (Fsp3) is 0. The topological polar surface area (TPSA) is 51.8 Å². The zero-order valence-corrected chi connectivity index (χ0v) is 29.8. The van der Waals surface area contributed by atoms with Gasteiger partial charge in [-0.2, -0.15) is 0 Å². The first-order valence-corrected chi connectivity index (χ1v) is 18.4. The Bertz CT molecular complexity index is 2880. The third kappa shape index (κ3) is 6.16. The van der Waals surface area contributed by atoms with Gasteiger partial charge in [-0.1, -0.05) is 182 Å². The van der Waals surface area contributed by atoms with E-state index in [9.17, 15) is 0 Å². The Labute approximate surface area is 319 Å². The van der Waals surface area contributed by atoms with E-state index in [4.69, 9.17) is 19.4 Å². The van der Waals surface area contributed by atoms with Crippen LogP contribution in [0.15, 0.2) is 205 Å². The molecule has 10 aromatic rings. The van der Waals surface area contributed by atoms with Crippen molar-refractivity contribution in [3.05, 3.63) is 200 Å². The summed E-state index contributed by atoms with van der Waals surface area (Å²) in [5, 5.41) is 2.16. The van der Waals surface area contributed by atoms with Gasteiger partial charge in [0, 0.05) is 38.6 Å². The Balaban J connectivity index is 1.09. The van der Waals surface area contributed by atoms with Gasteiger partial charge in [-0.3, -0.25) is 0 Å². The summed E-state index contributed by atoms with van der Waals surface area (Å²) < 4.78 is 6.92. The van der Waals surface area contributed by atoms with Crippen LogP contribution in [-0.4, -0.2) is 15.0 Å². The average Bonchev–Trinajstić information content (AvgIpc) is 3.66. The number of rotatable bonds is 7. The van der Waals surface area contributed by atoms with E-state index in [2.05, 4.69) is 140 Å². The van der Waals surface area contributed by atoms with E-state index in [0.717, 1.165) is 72.0 Å². The third-order valence-electron chi connectivity index (χ3n) is 10.1. The van der Waals surface area contributed by atoms with Crippen LogP contribution in [0.1, 0.15) is 0 Å². The van der Waals surface area contributed by atoms with Crippen LogP contribution in [0.2, 0.25) is 0 Å². The highest BCUT2D eigenvalue weighted by molar-refractivity contribution is 6.14. The lowest BCUT2D eigenvalue weighted by Crippen LogP contribution is -2.00. The Hall–Kier alpha value is -7.43. The van der Waals surface area contributed by atoms with Gasteiger partial charge in [0.1, 0.15) is 11.2 Å². The van der Waals surface area contributed by atoms with Crippen molar-refractivity contribution in [3.63, 3.8) is 0 Å². The van der Waals surface area contributed by atoms with Crippen molar-refractivity contribution in [2.45, 2.75) is 0 Å². The molecule has 2 aromatic heterocycles. The second-order valence-corrected chi connectivity index (χ2v) is 13.6.